The van der Waals surface area contributed by atoms with Gasteiger partial charge in [-0.15, -0.1) is 0 Å². The maximum atomic E-state index is 5.65. The number of ether oxygens (including phenoxy) is 1. The largest absolute Gasteiger partial charge is 0.424 e. The van der Waals surface area contributed by atoms with E-state index in [1.165, 1.54) is 0 Å². The van der Waals surface area contributed by atoms with Crippen molar-refractivity contribution in [2.45, 2.75) is 13.5 Å². The molecule has 3 rings (SSSR count). The summed E-state index contributed by atoms with van der Waals surface area (Å²) < 4.78 is 5.65. The van der Waals surface area contributed by atoms with Crippen LogP contribution in [0.2, 0.25) is 0 Å². The Balaban J connectivity index is 1.72. The van der Waals surface area contributed by atoms with Crippen molar-refractivity contribution in [3.05, 3.63) is 72.2 Å². The van der Waals surface area contributed by atoms with E-state index in [0.29, 0.717) is 18.3 Å². The van der Waals surface area contributed by atoms with Gasteiger partial charge in [0.2, 0.25) is 0 Å². The molecule has 0 radical (unpaired) electrons. The highest BCUT2D eigenvalue weighted by Crippen LogP contribution is 2.20. The predicted octanol–water partition coefficient (Wildman–Crippen LogP) is 3.58. The minimum atomic E-state index is 0.325. The van der Waals surface area contributed by atoms with Crippen LogP contribution < -0.4 is 10.1 Å². The fourth-order valence-corrected chi connectivity index (χ4v) is 1.94. The fourth-order valence-electron chi connectivity index (χ4n) is 1.94. The number of pyridine rings is 1. The maximum absolute atomic E-state index is 5.65. The molecular weight excluding hydrogens is 276 g/mol. The van der Waals surface area contributed by atoms with E-state index < -0.39 is 0 Å². The Morgan fingerprint density at radius 3 is 2.68 bits per heavy atom. The second-order valence-electron chi connectivity index (χ2n) is 4.81. The highest BCUT2D eigenvalue weighted by Gasteiger charge is 2.06. The van der Waals surface area contributed by atoms with Gasteiger partial charge in [-0.2, -0.15) is 4.98 Å². The molecule has 0 atom stereocenters. The van der Waals surface area contributed by atoms with E-state index in [0.717, 1.165) is 16.9 Å². The number of benzene rings is 1. The van der Waals surface area contributed by atoms with Crippen molar-refractivity contribution in [1.29, 1.82) is 0 Å². The van der Waals surface area contributed by atoms with Crippen LogP contribution in [0.15, 0.2) is 61.1 Å². The second kappa shape index (κ2) is 6.67. The molecule has 2 heterocycles. The Labute approximate surface area is 129 Å². The minimum Gasteiger partial charge on any atom is -0.424 e. The van der Waals surface area contributed by atoms with E-state index in [-0.39, 0.29) is 0 Å². The van der Waals surface area contributed by atoms with E-state index in [9.17, 15) is 0 Å². The van der Waals surface area contributed by atoms with Crippen LogP contribution in [0.1, 0.15) is 11.1 Å². The van der Waals surface area contributed by atoms with E-state index in [1.807, 2.05) is 55.6 Å². The third kappa shape index (κ3) is 3.58. The summed E-state index contributed by atoms with van der Waals surface area (Å²) in [5.74, 6) is 1.47. The molecule has 0 unspecified atom stereocenters. The van der Waals surface area contributed by atoms with Gasteiger partial charge in [0.25, 0.3) is 0 Å². The van der Waals surface area contributed by atoms with Gasteiger partial charge >= 0.3 is 6.01 Å². The van der Waals surface area contributed by atoms with E-state index >= 15 is 0 Å². The molecule has 1 N–H and O–H groups in total. The lowest BCUT2D eigenvalue weighted by atomic mass is 10.3. The lowest BCUT2D eigenvalue weighted by molar-refractivity contribution is 0.442. The third-order valence-corrected chi connectivity index (χ3v) is 3.08. The molecule has 0 aliphatic carbocycles. The number of para-hydroxylation sites is 1. The number of hydrogen-bond donors (Lipinski definition) is 1. The lowest BCUT2D eigenvalue weighted by Gasteiger charge is -2.10. The Bertz CT molecular complexity index is 732. The Kier molecular flexibility index (Phi) is 4.25. The minimum absolute atomic E-state index is 0.325. The van der Waals surface area contributed by atoms with Gasteiger partial charge in [-0.1, -0.05) is 24.3 Å². The molecule has 5 heteroatoms. The zero-order chi connectivity index (χ0) is 15.2. The highest BCUT2D eigenvalue weighted by molar-refractivity contribution is 5.43. The van der Waals surface area contributed by atoms with Crippen LogP contribution in [0.3, 0.4) is 0 Å². The number of anilines is 1. The summed E-state index contributed by atoms with van der Waals surface area (Å²) in [6, 6.07) is 13.7. The standard InChI is InChI=1S/C17H16N4O/c1-13-10-20-17(22-15-7-3-2-4-8-15)21-16(13)19-12-14-6-5-9-18-11-14/h2-11H,12H2,1H3,(H,19,20,21). The Morgan fingerprint density at radius 1 is 1.05 bits per heavy atom. The third-order valence-electron chi connectivity index (χ3n) is 3.08. The normalized spacial score (nSPS) is 10.2. The average Bonchev–Trinajstić information content (AvgIpc) is 2.57. The summed E-state index contributed by atoms with van der Waals surface area (Å²) in [4.78, 5) is 12.7. The predicted molar refractivity (Wildman–Crippen MR) is 84.8 cm³/mol. The number of aromatic nitrogens is 3. The molecule has 0 saturated carbocycles. The number of rotatable bonds is 5. The van der Waals surface area contributed by atoms with Crippen molar-refractivity contribution >= 4 is 5.82 Å². The molecule has 110 valence electrons. The highest BCUT2D eigenvalue weighted by atomic mass is 16.5. The first-order valence-electron chi connectivity index (χ1n) is 7.00. The van der Waals surface area contributed by atoms with Crippen LogP contribution in [0.5, 0.6) is 11.8 Å². The van der Waals surface area contributed by atoms with Crippen LogP contribution >= 0.6 is 0 Å². The molecule has 0 saturated heterocycles. The molecule has 0 amide bonds. The van der Waals surface area contributed by atoms with Crippen LogP contribution in [-0.2, 0) is 6.54 Å². The van der Waals surface area contributed by atoms with Crippen molar-refractivity contribution in [1.82, 2.24) is 15.0 Å². The molecule has 0 bridgehead atoms. The van der Waals surface area contributed by atoms with E-state index in [4.69, 9.17) is 4.74 Å². The maximum Gasteiger partial charge on any atom is 0.323 e. The summed E-state index contributed by atoms with van der Waals surface area (Å²) >= 11 is 0. The summed E-state index contributed by atoms with van der Waals surface area (Å²) in [5.41, 5.74) is 2.05. The number of nitrogens with zero attached hydrogens (tertiary/aromatic N) is 3. The monoisotopic (exact) mass is 292 g/mol. The van der Waals surface area contributed by atoms with Crippen molar-refractivity contribution in [2.75, 3.05) is 5.32 Å². The molecule has 0 aliphatic heterocycles. The van der Waals surface area contributed by atoms with Gasteiger partial charge in [0.1, 0.15) is 11.6 Å². The van der Waals surface area contributed by atoms with Crippen molar-refractivity contribution in [2.24, 2.45) is 0 Å². The molecule has 2 aromatic heterocycles. The molecule has 3 aromatic rings. The second-order valence-corrected chi connectivity index (χ2v) is 4.81. The molecule has 5 nitrogen and oxygen atoms in total. The van der Waals surface area contributed by atoms with Gasteiger partial charge in [-0.25, -0.2) is 4.98 Å². The van der Waals surface area contributed by atoms with Gasteiger partial charge in [0.15, 0.2) is 0 Å². The lowest BCUT2D eigenvalue weighted by Crippen LogP contribution is -2.05. The molecule has 0 spiro atoms. The quantitative estimate of drug-likeness (QED) is 0.778. The average molecular weight is 292 g/mol. The van der Waals surface area contributed by atoms with E-state index in [1.54, 1.807) is 12.4 Å². The molecule has 1 aromatic carbocycles. The molecule has 0 fully saturated rings. The van der Waals surface area contributed by atoms with E-state index in [2.05, 4.69) is 20.3 Å². The van der Waals surface area contributed by atoms with Crippen molar-refractivity contribution in [3.8, 4) is 11.8 Å². The first-order chi connectivity index (χ1) is 10.8. The number of nitrogens with one attached hydrogen (secondary N) is 1. The van der Waals surface area contributed by atoms with Gasteiger partial charge in [0, 0.05) is 30.7 Å². The molecule has 0 aliphatic rings. The van der Waals surface area contributed by atoms with Crippen molar-refractivity contribution < 1.29 is 4.74 Å². The van der Waals surface area contributed by atoms with Crippen molar-refractivity contribution in [3.63, 3.8) is 0 Å². The summed E-state index contributed by atoms with van der Waals surface area (Å²) in [6.45, 7) is 2.61. The smallest absolute Gasteiger partial charge is 0.323 e. The van der Waals surface area contributed by atoms with Crippen LogP contribution in [0.4, 0.5) is 5.82 Å². The number of aryl methyl sites for hydroxylation is 1. The summed E-state index contributed by atoms with van der Waals surface area (Å²) in [5, 5.41) is 3.28. The zero-order valence-corrected chi connectivity index (χ0v) is 12.2. The SMILES string of the molecule is Cc1cnc(Oc2ccccc2)nc1NCc1cccnc1. The Hall–Kier alpha value is -2.95. The fraction of sp³-hybridized carbons (Fsp3) is 0.118. The topological polar surface area (TPSA) is 59.9 Å². The van der Waals surface area contributed by atoms with Gasteiger partial charge in [0.05, 0.1) is 0 Å². The molecular formula is C17H16N4O. The first kappa shape index (κ1) is 14.0. The van der Waals surface area contributed by atoms with Gasteiger partial charge in [-0.05, 0) is 30.7 Å². The van der Waals surface area contributed by atoms with Crippen LogP contribution in [-0.4, -0.2) is 15.0 Å². The van der Waals surface area contributed by atoms with Gasteiger partial charge in [-0.3, -0.25) is 4.98 Å². The zero-order valence-electron chi connectivity index (χ0n) is 12.2. The number of hydrogen-bond acceptors (Lipinski definition) is 5. The van der Waals surface area contributed by atoms with Crippen LogP contribution in [0, 0.1) is 6.92 Å². The molecule has 22 heavy (non-hydrogen) atoms. The summed E-state index contributed by atoms with van der Waals surface area (Å²) in [7, 11) is 0. The summed E-state index contributed by atoms with van der Waals surface area (Å²) in [6.07, 6.45) is 5.33. The van der Waals surface area contributed by atoms with Crippen LogP contribution in [0.25, 0.3) is 0 Å². The Morgan fingerprint density at radius 2 is 1.91 bits per heavy atom. The van der Waals surface area contributed by atoms with Gasteiger partial charge < -0.3 is 10.1 Å². The first-order valence-corrected chi connectivity index (χ1v) is 7.00.